The molecule has 136 valence electrons. The average Bonchev–Trinajstić information content (AvgIpc) is 2.62. The van der Waals surface area contributed by atoms with Crippen molar-refractivity contribution in [3.63, 3.8) is 0 Å². The molecule has 26 heavy (non-hydrogen) atoms. The van der Waals surface area contributed by atoms with Gasteiger partial charge in [-0.25, -0.2) is 4.79 Å². The predicted molar refractivity (Wildman–Crippen MR) is 95.9 cm³/mol. The summed E-state index contributed by atoms with van der Waals surface area (Å²) < 4.78 is 10.9. The molecule has 0 saturated heterocycles. The highest BCUT2D eigenvalue weighted by Crippen LogP contribution is 2.38. The maximum absolute atomic E-state index is 12.3. The summed E-state index contributed by atoms with van der Waals surface area (Å²) in [5.74, 6) is -0.524. The van der Waals surface area contributed by atoms with Gasteiger partial charge in [-0.3, -0.25) is 4.79 Å². The van der Waals surface area contributed by atoms with Gasteiger partial charge in [0.2, 0.25) is 5.91 Å². The maximum Gasteiger partial charge on any atom is 0.326 e. The van der Waals surface area contributed by atoms with Gasteiger partial charge >= 0.3 is 5.97 Å². The molecule has 0 spiro atoms. The second kappa shape index (κ2) is 8.10. The molecule has 3 rings (SSSR count). The molecule has 6 nitrogen and oxygen atoms in total. The smallest absolute Gasteiger partial charge is 0.326 e. The first-order valence-electron chi connectivity index (χ1n) is 8.17. The Balaban J connectivity index is 1.67. The number of aliphatic carboxylic acids is 1. The van der Waals surface area contributed by atoms with Crippen LogP contribution in [0.25, 0.3) is 0 Å². The number of hydrogen-bond donors (Lipinski definition) is 2. The zero-order chi connectivity index (χ0) is 18.5. The van der Waals surface area contributed by atoms with Gasteiger partial charge in [-0.1, -0.05) is 41.9 Å². The van der Waals surface area contributed by atoms with Crippen LogP contribution in [-0.2, 0) is 22.4 Å². The number of carboxylic acid groups (broad SMARTS) is 1. The molecule has 0 bridgehead atoms. The first kappa shape index (κ1) is 18.1. The normalized spacial score (nSPS) is 13.7. The third kappa shape index (κ3) is 4.46. The number of ether oxygens (including phenoxy) is 2. The number of carbonyl (C=O) groups is 2. The molecule has 2 aromatic rings. The molecule has 1 aliphatic rings. The minimum Gasteiger partial charge on any atom is -0.486 e. The van der Waals surface area contributed by atoms with Gasteiger partial charge < -0.3 is 19.9 Å². The molecule has 0 aromatic heterocycles. The Bertz CT molecular complexity index is 809. The summed E-state index contributed by atoms with van der Waals surface area (Å²) >= 11 is 6.16. The number of benzene rings is 2. The number of carbonyl (C=O) groups excluding carboxylic acids is 1. The van der Waals surface area contributed by atoms with Gasteiger partial charge in [-0.2, -0.15) is 0 Å². The second-order valence-electron chi connectivity index (χ2n) is 5.93. The van der Waals surface area contributed by atoms with E-state index in [0.717, 1.165) is 5.56 Å². The largest absolute Gasteiger partial charge is 0.486 e. The minimum atomic E-state index is -1.08. The molecule has 1 heterocycles. The van der Waals surface area contributed by atoms with Crippen molar-refractivity contribution in [2.45, 2.75) is 18.9 Å². The van der Waals surface area contributed by atoms with Crippen LogP contribution in [0.15, 0.2) is 42.5 Å². The highest BCUT2D eigenvalue weighted by atomic mass is 35.5. The highest BCUT2D eigenvalue weighted by Gasteiger charge is 2.22. The molecule has 2 N–H and O–H groups in total. The predicted octanol–water partition coefficient (Wildman–Crippen LogP) is 2.47. The number of rotatable bonds is 6. The lowest BCUT2D eigenvalue weighted by Gasteiger charge is -2.20. The van der Waals surface area contributed by atoms with E-state index in [1.165, 1.54) is 0 Å². The molecule has 2 aromatic carbocycles. The van der Waals surface area contributed by atoms with Crippen molar-refractivity contribution in [3.05, 3.63) is 58.6 Å². The third-order valence-electron chi connectivity index (χ3n) is 3.94. The van der Waals surface area contributed by atoms with Gasteiger partial charge in [0.1, 0.15) is 19.3 Å². The Kier molecular flexibility index (Phi) is 5.63. The van der Waals surface area contributed by atoms with Crippen LogP contribution in [0.1, 0.15) is 11.1 Å². The van der Waals surface area contributed by atoms with Crippen LogP contribution in [0.5, 0.6) is 11.5 Å². The summed E-state index contributed by atoms with van der Waals surface area (Å²) in [6.07, 6.45) is 0.207. The summed E-state index contributed by atoms with van der Waals surface area (Å²) in [5.41, 5.74) is 1.46. The van der Waals surface area contributed by atoms with E-state index in [-0.39, 0.29) is 12.8 Å². The lowest BCUT2D eigenvalue weighted by molar-refractivity contribution is -0.141. The van der Waals surface area contributed by atoms with E-state index in [2.05, 4.69) is 5.32 Å². The number of carboxylic acids is 1. The molecule has 1 atom stereocenters. The molecule has 1 amide bonds. The quantitative estimate of drug-likeness (QED) is 0.810. The van der Waals surface area contributed by atoms with Crippen molar-refractivity contribution in [3.8, 4) is 11.5 Å². The summed E-state index contributed by atoms with van der Waals surface area (Å²) in [6, 6.07) is 11.5. The lowest BCUT2D eigenvalue weighted by Crippen LogP contribution is -2.43. The first-order chi connectivity index (χ1) is 12.5. The lowest BCUT2D eigenvalue weighted by atomic mass is 10.1. The van der Waals surface area contributed by atoms with E-state index in [9.17, 15) is 14.7 Å². The van der Waals surface area contributed by atoms with Gasteiger partial charge in [0.05, 0.1) is 11.4 Å². The summed E-state index contributed by atoms with van der Waals surface area (Å²) in [5, 5.41) is 12.3. The number of amides is 1. The van der Waals surface area contributed by atoms with Crippen LogP contribution in [0.3, 0.4) is 0 Å². The van der Waals surface area contributed by atoms with Crippen LogP contribution in [0, 0.1) is 0 Å². The fourth-order valence-corrected chi connectivity index (χ4v) is 3.03. The number of hydrogen-bond acceptors (Lipinski definition) is 4. The molecular weight excluding hydrogens is 358 g/mol. The zero-order valence-electron chi connectivity index (χ0n) is 13.9. The van der Waals surface area contributed by atoms with Crippen LogP contribution in [0.2, 0.25) is 5.02 Å². The topological polar surface area (TPSA) is 84.9 Å². The van der Waals surface area contributed by atoms with Gasteiger partial charge in [0.25, 0.3) is 0 Å². The van der Waals surface area contributed by atoms with E-state index in [4.69, 9.17) is 21.1 Å². The van der Waals surface area contributed by atoms with Crippen molar-refractivity contribution in [1.82, 2.24) is 5.32 Å². The van der Waals surface area contributed by atoms with Crippen LogP contribution < -0.4 is 14.8 Å². The van der Waals surface area contributed by atoms with Crippen LogP contribution >= 0.6 is 11.6 Å². The highest BCUT2D eigenvalue weighted by molar-refractivity contribution is 6.32. The van der Waals surface area contributed by atoms with Crippen molar-refractivity contribution >= 4 is 23.5 Å². The maximum atomic E-state index is 12.3. The number of nitrogens with one attached hydrogen (secondary N) is 1. The molecule has 1 unspecified atom stereocenters. The van der Waals surface area contributed by atoms with Gasteiger partial charge in [0.15, 0.2) is 11.5 Å². The van der Waals surface area contributed by atoms with Gasteiger partial charge in [0, 0.05) is 6.42 Å². The molecule has 7 heteroatoms. The fraction of sp³-hybridized carbons (Fsp3) is 0.263. The Morgan fingerprint density at radius 1 is 1.12 bits per heavy atom. The standard InChI is InChI=1S/C19H18ClNO5/c20-14-8-13(10-16-18(14)26-7-6-25-16)11-17(22)21-15(19(23)24)9-12-4-2-1-3-5-12/h1-5,8,10,15H,6-7,9,11H2,(H,21,22)(H,23,24). The number of fused-ring (bicyclic) bond motifs is 1. The third-order valence-corrected chi connectivity index (χ3v) is 4.22. The van der Waals surface area contributed by atoms with E-state index < -0.39 is 17.9 Å². The van der Waals surface area contributed by atoms with Gasteiger partial charge in [-0.05, 0) is 23.3 Å². The Morgan fingerprint density at radius 3 is 2.58 bits per heavy atom. The average molecular weight is 376 g/mol. The molecule has 0 saturated carbocycles. The summed E-state index contributed by atoms with van der Waals surface area (Å²) in [6.45, 7) is 0.837. The van der Waals surface area contributed by atoms with Gasteiger partial charge in [-0.15, -0.1) is 0 Å². The second-order valence-corrected chi connectivity index (χ2v) is 6.33. The van der Waals surface area contributed by atoms with Crippen molar-refractivity contribution in [2.75, 3.05) is 13.2 Å². The minimum absolute atomic E-state index is 0.00503. The first-order valence-corrected chi connectivity index (χ1v) is 8.55. The fourth-order valence-electron chi connectivity index (χ4n) is 2.75. The Labute approximate surface area is 155 Å². The Hall–Kier alpha value is -2.73. The monoisotopic (exact) mass is 375 g/mol. The van der Waals surface area contributed by atoms with Crippen LogP contribution in [-0.4, -0.2) is 36.2 Å². The van der Waals surface area contributed by atoms with E-state index in [1.807, 2.05) is 30.3 Å². The van der Waals surface area contributed by atoms with Crippen molar-refractivity contribution in [1.29, 1.82) is 0 Å². The molecule has 1 aliphatic heterocycles. The van der Waals surface area contributed by atoms with E-state index >= 15 is 0 Å². The van der Waals surface area contributed by atoms with E-state index in [1.54, 1.807) is 12.1 Å². The summed E-state index contributed by atoms with van der Waals surface area (Å²) in [7, 11) is 0. The SMILES string of the molecule is O=C(Cc1cc(Cl)c2c(c1)OCCO2)NC(Cc1ccccc1)C(=O)O. The summed E-state index contributed by atoms with van der Waals surface area (Å²) in [4.78, 5) is 23.8. The Morgan fingerprint density at radius 2 is 1.85 bits per heavy atom. The zero-order valence-corrected chi connectivity index (χ0v) is 14.7. The molecule has 0 aliphatic carbocycles. The molecular formula is C19H18ClNO5. The molecule has 0 radical (unpaired) electrons. The van der Waals surface area contributed by atoms with E-state index in [0.29, 0.717) is 35.3 Å². The van der Waals surface area contributed by atoms with Crippen LogP contribution in [0.4, 0.5) is 0 Å². The number of halogens is 1. The van der Waals surface area contributed by atoms with Crippen molar-refractivity contribution < 1.29 is 24.2 Å². The van der Waals surface area contributed by atoms with Crippen molar-refractivity contribution in [2.24, 2.45) is 0 Å². The molecule has 0 fully saturated rings.